The van der Waals surface area contributed by atoms with Crippen LogP contribution in [0.15, 0.2) is 42.6 Å². The van der Waals surface area contributed by atoms with E-state index in [0.717, 1.165) is 16.8 Å². The molecule has 0 saturated heterocycles. The molecule has 0 fully saturated rings. The normalized spacial score (nSPS) is 11.7. The number of aromatic nitrogens is 1. The van der Waals surface area contributed by atoms with Crippen LogP contribution in [0.5, 0.6) is 5.88 Å². The molecule has 6 heteroatoms. The van der Waals surface area contributed by atoms with Crippen LogP contribution in [0.2, 0.25) is 0 Å². The summed E-state index contributed by atoms with van der Waals surface area (Å²) in [5.74, 6) is 0.315. The summed E-state index contributed by atoms with van der Waals surface area (Å²) in [5, 5.41) is 21.5. The molecule has 3 N–H and O–H groups in total. The molecule has 0 spiro atoms. The van der Waals surface area contributed by atoms with Crippen LogP contribution in [0.1, 0.15) is 11.1 Å². The highest BCUT2D eigenvalue weighted by molar-refractivity contribution is 5.70. The number of aliphatic hydroxyl groups is 2. The van der Waals surface area contributed by atoms with Gasteiger partial charge in [0.25, 0.3) is 0 Å². The number of rotatable bonds is 9. The second-order valence-corrected chi connectivity index (χ2v) is 5.87. The largest absolute Gasteiger partial charge is 0.477 e. The molecule has 5 nitrogen and oxygen atoms in total. The zero-order chi connectivity index (χ0) is 18.1. The molecule has 1 aromatic heterocycles. The van der Waals surface area contributed by atoms with Gasteiger partial charge >= 0.3 is 0 Å². The predicted molar refractivity (Wildman–Crippen MR) is 97.2 cm³/mol. The van der Waals surface area contributed by atoms with Crippen LogP contribution in [0, 0.1) is 5.41 Å². The highest BCUT2D eigenvalue weighted by Crippen LogP contribution is 2.19. The molecule has 0 amide bonds. The van der Waals surface area contributed by atoms with Crippen molar-refractivity contribution in [2.75, 3.05) is 38.9 Å². The highest BCUT2D eigenvalue weighted by atomic mass is 18.2. The molecular weight excluding hydrogens is 322 g/mol. The molecule has 25 heavy (non-hydrogen) atoms. The van der Waals surface area contributed by atoms with Crippen LogP contribution in [-0.2, 0) is 0 Å². The van der Waals surface area contributed by atoms with Crippen molar-refractivity contribution in [3.63, 3.8) is 0 Å². The second-order valence-electron chi connectivity index (χ2n) is 5.87. The van der Waals surface area contributed by atoms with Gasteiger partial charge in [-0.25, -0.2) is 4.98 Å². The van der Waals surface area contributed by atoms with Gasteiger partial charge in [-0.05, 0) is 29.3 Å². The first-order valence-electron chi connectivity index (χ1n) is 7.97. The monoisotopic (exact) mass is 345 g/mol. The maximum absolute atomic E-state index is 13.0. The van der Waals surface area contributed by atoms with E-state index in [1.54, 1.807) is 12.3 Å². The third-order valence-corrected chi connectivity index (χ3v) is 3.91. The molecule has 0 aliphatic heterocycles. The Labute approximate surface area is 146 Å². The Kier molecular flexibility index (Phi) is 6.91. The van der Waals surface area contributed by atoms with E-state index in [-0.39, 0.29) is 6.61 Å². The van der Waals surface area contributed by atoms with Crippen molar-refractivity contribution < 1.29 is 19.3 Å². The lowest BCUT2D eigenvalue weighted by Crippen LogP contribution is -2.38. The lowest BCUT2D eigenvalue weighted by atomic mass is 9.93. The van der Waals surface area contributed by atoms with Crippen molar-refractivity contribution in [3.05, 3.63) is 53.7 Å². The van der Waals surface area contributed by atoms with Crippen LogP contribution < -0.4 is 10.1 Å². The Morgan fingerprint density at radius 3 is 2.24 bits per heavy atom. The van der Waals surface area contributed by atoms with Gasteiger partial charge in [0.05, 0.1) is 18.6 Å². The van der Waals surface area contributed by atoms with Crippen LogP contribution in [0.25, 0.3) is 12.2 Å². The van der Waals surface area contributed by atoms with Gasteiger partial charge in [-0.15, -0.1) is 0 Å². The Hall–Kier alpha value is -2.44. The molecule has 0 radical (unpaired) electrons. The zero-order valence-electron chi connectivity index (χ0n) is 14.2. The van der Waals surface area contributed by atoms with Gasteiger partial charge in [-0.1, -0.05) is 24.3 Å². The number of hydrogen-bond donors (Lipinski definition) is 3. The fourth-order valence-corrected chi connectivity index (χ4v) is 2.02. The molecule has 2 aromatic rings. The lowest BCUT2D eigenvalue weighted by molar-refractivity contribution is -0.00448. The molecular formula is C19H23FN2O3. The molecule has 0 atom stereocenters. The molecule has 0 unspecified atom stereocenters. The minimum absolute atomic E-state index is 0.142. The van der Waals surface area contributed by atoms with Crippen LogP contribution >= 0.6 is 0 Å². The van der Waals surface area contributed by atoms with Gasteiger partial charge in [0, 0.05) is 25.0 Å². The molecule has 1 heterocycles. The van der Waals surface area contributed by atoms with Gasteiger partial charge in [0.15, 0.2) is 0 Å². The third kappa shape index (κ3) is 5.27. The second kappa shape index (κ2) is 9.15. The lowest BCUT2D eigenvalue weighted by Gasteiger charge is -2.25. The first kappa shape index (κ1) is 18.9. The summed E-state index contributed by atoms with van der Waals surface area (Å²) in [5.41, 5.74) is 1.72. The number of anilines is 1. The molecule has 1 aromatic carbocycles. The number of halogens is 1. The predicted octanol–water partition coefficient (Wildman–Crippen LogP) is 2.61. The van der Waals surface area contributed by atoms with E-state index in [4.69, 9.17) is 4.74 Å². The van der Waals surface area contributed by atoms with Crippen LogP contribution in [0.4, 0.5) is 10.1 Å². The van der Waals surface area contributed by atoms with E-state index < -0.39 is 25.3 Å². The standard InChI is InChI=1S/C19H23FN2O3/c1-21-17-7-4-15(5-8-17)2-3-16-6-9-18(22-10-16)25-14-19(11-20,12-23)13-24/h2-10,21,23-24H,11-14H2,1H3/b3-2+/i20-1. The van der Waals surface area contributed by atoms with Crippen LogP contribution in [-0.4, -0.2) is 48.7 Å². The topological polar surface area (TPSA) is 74.6 Å². The SMILES string of the molecule is CNc1ccc(/C=C/c2ccc(OCC(CO)(CO)C[18F])nc2)cc1. The smallest absolute Gasteiger partial charge is 0.213 e. The summed E-state index contributed by atoms with van der Waals surface area (Å²) >= 11 is 0. The number of benzene rings is 1. The maximum Gasteiger partial charge on any atom is 0.213 e. The molecule has 0 aliphatic rings. The van der Waals surface area contributed by atoms with E-state index in [1.807, 2.05) is 49.5 Å². The Balaban J connectivity index is 1.96. The molecule has 2 rings (SSSR count). The highest BCUT2D eigenvalue weighted by Gasteiger charge is 2.30. The number of nitrogens with zero attached hydrogens (tertiary/aromatic N) is 1. The number of aliphatic hydroxyl groups excluding tert-OH is 2. The number of hydrogen-bond acceptors (Lipinski definition) is 5. The van der Waals surface area contributed by atoms with E-state index in [1.165, 1.54) is 0 Å². The van der Waals surface area contributed by atoms with E-state index in [9.17, 15) is 14.6 Å². The molecule has 0 aliphatic carbocycles. The zero-order valence-corrected chi connectivity index (χ0v) is 14.2. The van der Waals surface area contributed by atoms with Crippen molar-refractivity contribution in [3.8, 4) is 5.88 Å². The molecule has 0 saturated carbocycles. The van der Waals surface area contributed by atoms with Gasteiger partial charge in [-0.2, -0.15) is 0 Å². The Morgan fingerprint density at radius 1 is 1.08 bits per heavy atom. The quantitative estimate of drug-likeness (QED) is 0.651. The number of pyridine rings is 1. The number of alkyl halides is 1. The summed E-state index contributed by atoms with van der Waals surface area (Å²) < 4.78 is 18.3. The third-order valence-electron chi connectivity index (χ3n) is 3.91. The van der Waals surface area contributed by atoms with E-state index in [2.05, 4.69) is 10.3 Å². The summed E-state index contributed by atoms with van der Waals surface area (Å²) in [6, 6.07) is 11.5. The van der Waals surface area contributed by atoms with Gasteiger partial charge in [0.1, 0.15) is 13.3 Å². The Bertz CT molecular complexity index is 660. The van der Waals surface area contributed by atoms with Crippen molar-refractivity contribution in [1.29, 1.82) is 0 Å². The molecule has 134 valence electrons. The first-order chi connectivity index (χ1) is 12.1. The average molecular weight is 345 g/mol. The van der Waals surface area contributed by atoms with Crippen molar-refractivity contribution in [2.24, 2.45) is 5.41 Å². The Morgan fingerprint density at radius 2 is 1.72 bits per heavy atom. The maximum atomic E-state index is 13.0. The van der Waals surface area contributed by atoms with E-state index in [0.29, 0.717) is 5.88 Å². The molecule has 0 bridgehead atoms. The number of ether oxygens (including phenoxy) is 1. The minimum Gasteiger partial charge on any atom is -0.477 e. The summed E-state index contributed by atoms with van der Waals surface area (Å²) in [6.45, 7) is -2.00. The summed E-state index contributed by atoms with van der Waals surface area (Å²) in [4.78, 5) is 4.16. The number of nitrogens with one attached hydrogen (secondary N) is 1. The van der Waals surface area contributed by atoms with Crippen molar-refractivity contribution in [2.45, 2.75) is 0 Å². The fraction of sp³-hybridized carbons (Fsp3) is 0.316. The van der Waals surface area contributed by atoms with Gasteiger partial charge in [-0.3, -0.25) is 4.39 Å². The van der Waals surface area contributed by atoms with E-state index >= 15 is 0 Å². The fourth-order valence-electron chi connectivity index (χ4n) is 2.02. The van der Waals surface area contributed by atoms with Crippen molar-refractivity contribution >= 4 is 17.8 Å². The minimum atomic E-state index is -1.29. The summed E-state index contributed by atoms with van der Waals surface area (Å²) in [7, 11) is 1.87. The van der Waals surface area contributed by atoms with Gasteiger partial charge < -0.3 is 20.3 Å². The van der Waals surface area contributed by atoms with Crippen LogP contribution in [0.3, 0.4) is 0 Å². The van der Waals surface area contributed by atoms with Gasteiger partial charge in [0.2, 0.25) is 5.88 Å². The van der Waals surface area contributed by atoms with Crippen molar-refractivity contribution in [1.82, 2.24) is 4.98 Å². The average Bonchev–Trinajstić information content (AvgIpc) is 2.69. The first-order valence-corrected chi connectivity index (χ1v) is 7.97. The summed E-state index contributed by atoms with van der Waals surface area (Å²) in [6.07, 6.45) is 5.55.